The van der Waals surface area contributed by atoms with E-state index in [-0.39, 0.29) is 18.1 Å². The summed E-state index contributed by atoms with van der Waals surface area (Å²) >= 11 is 0. The summed E-state index contributed by atoms with van der Waals surface area (Å²) in [5.41, 5.74) is 1.02. The molecule has 5 nitrogen and oxygen atoms in total. The van der Waals surface area contributed by atoms with Crippen molar-refractivity contribution in [1.82, 2.24) is 15.3 Å². The molecule has 1 N–H and O–H groups in total. The summed E-state index contributed by atoms with van der Waals surface area (Å²) in [5.74, 6) is 0.577. The normalized spacial score (nSPS) is 21.9. The Bertz CT molecular complexity index is 461. The lowest BCUT2D eigenvalue weighted by molar-refractivity contribution is -0.117. The van der Waals surface area contributed by atoms with Gasteiger partial charge in [0.15, 0.2) is 0 Å². The van der Waals surface area contributed by atoms with Gasteiger partial charge in [0.05, 0.1) is 6.20 Å². The maximum absolute atomic E-state index is 11.7. The number of ether oxygens (including phenoxy) is 1. The Labute approximate surface area is 119 Å². The highest BCUT2D eigenvalue weighted by molar-refractivity contribution is 5.88. The van der Waals surface area contributed by atoms with Gasteiger partial charge >= 0.3 is 0 Å². The Morgan fingerprint density at radius 2 is 2.05 bits per heavy atom. The molecule has 1 aromatic heterocycles. The lowest BCUT2D eigenvalue weighted by Crippen LogP contribution is -2.39. The Kier molecular flexibility index (Phi) is 5.09. The highest BCUT2D eigenvalue weighted by atomic mass is 16.5. The second kappa shape index (κ2) is 7.03. The number of carbonyl (C=O) groups excluding carboxylic acids is 1. The van der Waals surface area contributed by atoms with E-state index in [1.54, 1.807) is 24.7 Å². The second-order valence-corrected chi connectivity index (χ2v) is 5.37. The van der Waals surface area contributed by atoms with Gasteiger partial charge in [-0.25, -0.2) is 4.98 Å². The fourth-order valence-corrected chi connectivity index (χ4v) is 2.35. The molecule has 1 fully saturated rings. The van der Waals surface area contributed by atoms with Gasteiger partial charge in [-0.1, -0.05) is 5.57 Å². The van der Waals surface area contributed by atoms with Crippen LogP contribution in [0.2, 0.25) is 0 Å². The van der Waals surface area contributed by atoms with Gasteiger partial charge in [-0.15, -0.1) is 0 Å². The zero-order chi connectivity index (χ0) is 14.4. The lowest BCUT2D eigenvalue weighted by Gasteiger charge is -2.28. The molecular weight excluding hydrogens is 254 g/mol. The van der Waals surface area contributed by atoms with E-state index in [1.165, 1.54) is 0 Å². The minimum absolute atomic E-state index is 0.00305. The average molecular weight is 275 g/mol. The van der Waals surface area contributed by atoms with Crippen LogP contribution in [0, 0.1) is 0 Å². The summed E-state index contributed by atoms with van der Waals surface area (Å²) in [5, 5.41) is 3.04. The Morgan fingerprint density at radius 1 is 1.30 bits per heavy atom. The van der Waals surface area contributed by atoms with Gasteiger partial charge < -0.3 is 10.1 Å². The molecule has 108 valence electrons. The Morgan fingerprint density at radius 3 is 2.65 bits per heavy atom. The number of amides is 1. The SMILES string of the molecule is CC(C)=CC(=O)NC1CCC(Oc2cnccn2)CC1. The number of hydrogen-bond donors (Lipinski definition) is 1. The molecule has 0 aliphatic heterocycles. The van der Waals surface area contributed by atoms with E-state index in [1.807, 2.05) is 13.8 Å². The number of hydrogen-bond acceptors (Lipinski definition) is 4. The van der Waals surface area contributed by atoms with Crippen LogP contribution >= 0.6 is 0 Å². The van der Waals surface area contributed by atoms with Crippen LogP contribution in [0.1, 0.15) is 39.5 Å². The fourth-order valence-electron chi connectivity index (χ4n) is 2.35. The molecule has 1 saturated carbocycles. The molecule has 1 aliphatic carbocycles. The van der Waals surface area contributed by atoms with Gasteiger partial charge in [-0.2, -0.15) is 0 Å². The van der Waals surface area contributed by atoms with Crippen molar-refractivity contribution >= 4 is 5.91 Å². The first kappa shape index (κ1) is 14.5. The van der Waals surface area contributed by atoms with Crippen molar-refractivity contribution in [2.45, 2.75) is 51.7 Å². The molecule has 5 heteroatoms. The third-order valence-electron chi connectivity index (χ3n) is 3.27. The van der Waals surface area contributed by atoms with Crippen molar-refractivity contribution in [2.24, 2.45) is 0 Å². The molecule has 0 spiro atoms. The monoisotopic (exact) mass is 275 g/mol. The smallest absolute Gasteiger partial charge is 0.244 e. The highest BCUT2D eigenvalue weighted by Gasteiger charge is 2.23. The van der Waals surface area contributed by atoms with Crippen molar-refractivity contribution in [3.63, 3.8) is 0 Å². The van der Waals surface area contributed by atoms with Crippen molar-refractivity contribution in [2.75, 3.05) is 0 Å². The molecule has 1 aliphatic rings. The Hall–Kier alpha value is -1.91. The third kappa shape index (κ3) is 4.64. The van der Waals surface area contributed by atoms with Crippen LogP contribution in [0.4, 0.5) is 0 Å². The van der Waals surface area contributed by atoms with Crippen LogP contribution in [-0.2, 0) is 4.79 Å². The maximum Gasteiger partial charge on any atom is 0.244 e. The molecular formula is C15H21N3O2. The van der Waals surface area contributed by atoms with Crippen LogP contribution in [-0.4, -0.2) is 28.0 Å². The molecule has 1 heterocycles. The molecule has 2 rings (SSSR count). The molecule has 0 radical (unpaired) electrons. The summed E-state index contributed by atoms with van der Waals surface area (Å²) in [6.07, 6.45) is 10.4. The number of nitrogens with one attached hydrogen (secondary N) is 1. The molecule has 20 heavy (non-hydrogen) atoms. The fraction of sp³-hybridized carbons (Fsp3) is 0.533. The van der Waals surface area contributed by atoms with Crippen LogP contribution in [0.5, 0.6) is 5.88 Å². The lowest BCUT2D eigenvalue weighted by atomic mass is 9.93. The second-order valence-electron chi connectivity index (χ2n) is 5.37. The summed E-state index contributed by atoms with van der Waals surface area (Å²) in [6, 6.07) is 0.250. The standard InChI is InChI=1S/C15H21N3O2/c1-11(2)9-14(19)18-12-3-5-13(6-4-12)20-15-10-16-7-8-17-15/h7-10,12-13H,3-6H2,1-2H3,(H,18,19). The van der Waals surface area contributed by atoms with Crippen LogP contribution in [0.15, 0.2) is 30.2 Å². The zero-order valence-electron chi connectivity index (χ0n) is 12.0. The molecule has 1 aromatic rings. The number of nitrogens with zero attached hydrogens (tertiary/aromatic N) is 2. The summed E-state index contributed by atoms with van der Waals surface area (Å²) < 4.78 is 5.77. The molecule has 0 bridgehead atoms. The van der Waals surface area contributed by atoms with Crippen molar-refractivity contribution < 1.29 is 9.53 Å². The van der Waals surface area contributed by atoms with E-state index in [4.69, 9.17) is 4.74 Å². The van der Waals surface area contributed by atoms with Crippen molar-refractivity contribution in [3.8, 4) is 5.88 Å². The van der Waals surface area contributed by atoms with Gasteiger partial charge in [-0.3, -0.25) is 9.78 Å². The van der Waals surface area contributed by atoms with E-state index in [2.05, 4.69) is 15.3 Å². The van der Waals surface area contributed by atoms with Crippen molar-refractivity contribution in [1.29, 1.82) is 0 Å². The van der Waals surface area contributed by atoms with Gasteiger partial charge in [0.1, 0.15) is 6.10 Å². The molecule has 1 amide bonds. The third-order valence-corrected chi connectivity index (χ3v) is 3.27. The number of carbonyl (C=O) groups is 1. The first-order chi connectivity index (χ1) is 9.63. The quantitative estimate of drug-likeness (QED) is 0.856. The topological polar surface area (TPSA) is 64.1 Å². The van der Waals surface area contributed by atoms with Crippen LogP contribution in [0.3, 0.4) is 0 Å². The predicted octanol–water partition coefficient (Wildman–Crippen LogP) is 2.25. The first-order valence-corrected chi connectivity index (χ1v) is 7.01. The van der Waals surface area contributed by atoms with Gasteiger partial charge in [-0.05, 0) is 39.5 Å². The van der Waals surface area contributed by atoms with E-state index in [9.17, 15) is 4.79 Å². The molecule has 0 aromatic carbocycles. The van der Waals surface area contributed by atoms with E-state index < -0.39 is 0 Å². The summed E-state index contributed by atoms with van der Waals surface area (Å²) in [4.78, 5) is 19.7. The van der Waals surface area contributed by atoms with Gasteiger partial charge in [0.25, 0.3) is 0 Å². The minimum atomic E-state index is 0.00305. The largest absolute Gasteiger partial charge is 0.473 e. The zero-order valence-corrected chi connectivity index (χ0v) is 12.0. The highest BCUT2D eigenvalue weighted by Crippen LogP contribution is 2.22. The maximum atomic E-state index is 11.7. The van der Waals surface area contributed by atoms with E-state index in [0.717, 1.165) is 31.3 Å². The van der Waals surface area contributed by atoms with Crippen molar-refractivity contribution in [3.05, 3.63) is 30.2 Å². The predicted molar refractivity (Wildman–Crippen MR) is 76.3 cm³/mol. The van der Waals surface area contributed by atoms with Crippen LogP contribution < -0.4 is 10.1 Å². The molecule has 0 saturated heterocycles. The minimum Gasteiger partial charge on any atom is -0.473 e. The number of allylic oxidation sites excluding steroid dienone is 1. The Balaban J connectivity index is 1.75. The summed E-state index contributed by atoms with van der Waals surface area (Å²) in [7, 11) is 0. The van der Waals surface area contributed by atoms with Gasteiger partial charge in [0.2, 0.25) is 11.8 Å². The van der Waals surface area contributed by atoms with E-state index >= 15 is 0 Å². The first-order valence-electron chi connectivity index (χ1n) is 7.01. The number of aromatic nitrogens is 2. The van der Waals surface area contributed by atoms with Gasteiger partial charge in [0, 0.05) is 24.5 Å². The van der Waals surface area contributed by atoms with Crippen LogP contribution in [0.25, 0.3) is 0 Å². The van der Waals surface area contributed by atoms with E-state index in [0.29, 0.717) is 5.88 Å². The molecule has 0 atom stereocenters. The summed E-state index contributed by atoms with van der Waals surface area (Å²) in [6.45, 7) is 3.84. The molecule has 0 unspecified atom stereocenters. The average Bonchev–Trinajstić information content (AvgIpc) is 2.41. The number of rotatable bonds is 4.